The standard InChI is InChI=1S/C20H24N2.C20H16N2/c2*21-17-11-9-13-5-1-3-7-15(13)19(17)20-16-8-4-2-6-14(16)10-12-18(20)22/h9-12H,1-8,21-22H2;1-12H,21-22H2. The second-order valence-corrected chi connectivity index (χ2v) is 12.3. The molecule has 6 aromatic carbocycles. The summed E-state index contributed by atoms with van der Waals surface area (Å²) in [6.45, 7) is 0. The molecule has 0 amide bonds. The third-order valence-electron chi connectivity index (χ3n) is 9.55. The van der Waals surface area contributed by atoms with Crippen LogP contribution in [-0.4, -0.2) is 0 Å². The molecule has 6 aromatic rings. The van der Waals surface area contributed by atoms with E-state index in [1.54, 1.807) is 0 Å². The second kappa shape index (κ2) is 11.6. The highest BCUT2D eigenvalue weighted by Gasteiger charge is 2.23. The topological polar surface area (TPSA) is 104 Å². The van der Waals surface area contributed by atoms with Crippen LogP contribution in [0.5, 0.6) is 0 Å². The van der Waals surface area contributed by atoms with Crippen LogP contribution in [0, 0.1) is 0 Å². The van der Waals surface area contributed by atoms with Gasteiger partial charge in [0.2, 0.25) is 0 Å². The molecule has 0 heterocycles. The number of anilines is 4. The summed E-state index contributed by atoms with van der Waals surface area (Å²) >= 11 is 0. The number of aryl methyl sites for hydroxylation is 2. The van der Waals surface area contributed by atoms with Gasteiger partial charge in [-0.05, 0) is 119 Å². The van der Waals surface area contributed by atoms with Crippen LogP contribution in [0.4, 0.5) is 22.7 Å². The van der Waals surface area contributed by atoms with Crippen molar-refractivity contribution in [1.82, 2.24) is 0 Å². The van der Waals surface area contributed by atoms with Gasteiger partial charge in [-0.15, -0.1) is 0 Å². The predicted octanol–water partition coefficient (Wildman–Crippen LogP) is 9.10. The van der Waals surface area contributed by atoms with Crippen LogP contribution >= 0.6 is 0 Å². The van der Waals surface area contributed by atoms with E-state index in [0.29, 0.717) is 0 Å². The Morgan fingerprint density at radius 3 is 1.16 bits per heavy atom. The van der Waals surface area contributed by atoms with Crippen LogP contribution in [0.3, 0.4) is 0 Å². The molecule has 0 fully saturated rings. The van der Waals surface area contributed by atoms with Crippen LogP contribution in [-0.2, 0) is 25.7 Å². The minimum Gasteiger partial charge on any atom is -0.398 e. The van der Waals surface area contributed by atoms with Gasteiger partial charge >= 0.3 is 0 Å². The first-order chi connectivity index (χ1) is 21.5. The Morgan fingerprint density at radius 1 is 0.341 bits per heavy atom. The van der Waals surface area contributed by atoms with Gasteiger partial charge in [0.15, 0.2) is 0 Å². The van der Waals surface area contributed by atoms with Gasteiger partial charge in [0.25, 0.3) is 0 Å². The van der Waals surface area contributed by atoms with Crippen molar-refractivity contribution in [3.8, 4) is 22.3 Å². The van der Waals surface area contributed by atoms with E-state index in [1.807, 2.05) is 36.4 Å². The van der Waals surface area contributed by atoms with Crippen molar-refractivity contribution in [1.29, 1.82) is 0 Å². The first kappa shape index (κ1) is 27.8. The smallest absolute Gasteiger partial charge is 0.0401 e. The molecule has 220 valence electrons. The van der Waals surface area contributed by atoms with E-state index in [9.17, 15) is 0 Å². The average Bonchev–Trinajstić information content (AvgIpc) is 3.06. The molecule has 0 aromatic heterocycles. The van der Waals surface area contributed by atoms with E-state index in [0.717, 1.165) is 57.5 Å². The summed E-state index contributed by atoms with van der Waals surface area (Å²) in [5.41, 5.74) is 39.2. The molecule has 44 heavy (non-hydrogen) atoms. The summed E-state index contributed by atoms with van der Waals surface area (Å²) in [5, 5.41) is 4.59. The summed E-state index contributed by atoms with van der Waals surface area (Å²) < 4.78 is 0. The van der Waals surface area contributed by atoms with Crippen molar-refractivity contribution in [2.45, 2.75) is 51.4 Å². The van der Waals surface area contributed by atoms with Gasteiger partial charge in [0.1, 0.15) is 0 Å². The fourth-order valence-corrected chi connectivity index (χ4v) is 7.42. The van der Waals surface area contributed by atoms with Crippen LogP contribution in [0.2, 0.25) is 0 Å². The molecule has 0 spiro atoms. The highest BCUT2D eigenvalue weighted by atomic mass is 14.6. The Labute approximate surface area is 259 Å². The Morgan fingerprint density at radius 2 is 0.705 bits per heavy atom. The molecule has 2 aliphatic rings. The van der Waals surface area contributed by atoms with Crippen LogP contribution < -0.4 is 22.9 Å². The lowest BCUT2D eigenvalue weighted by Gasteiger charge is -2.26. The third-order valence-corrected chi connectivity index (χ3v) is 9.55. The molecule has 0 bridgehead atoms. The van der Waals surface area contributed by atoms with Gasteiger partial charge in [-0.3, -0.25) is 0 Å². The maximum absolute atomic E-state index is 6.42. The molecule has 8 rings (SSSR count). The number of hydrogen-bond donors (Lipinski definition) is 4. The summed E-state index contributed by atoms with van der Waals surface area (Å²) in [4.78, 5) is 0. The Kier molecular flexibility index (Phi) is 7.35. The average molecular weight is 577 g/mol. The zero-order chi connectivity index (χ0) is 30.2. The normalized spacial score (nSPS) is 14.0. The molecule has 0 unspecified atom stereocenters. The lowest BCUT2D eigenvalue weighted by atomic mass is 9.79. The van der Waals surface area contributed by atoms with Crippen molar-refractivity contribution in [2.24, 2.45) is 0 Å². The third kappa shape index (κ3) is 4.90. The van der Waals surface area contributed by atoms with Crippen molar-refractivity contribution in [3.05, 3.63) is 119 Å². The fraction of sp³-hybridized carbons (Fsp3) is 0.200. The highest BCUT2D eigenvalue weighted by molar-refractivity contribution is 6.12. The lowest BCUT2D eigenvalue weighted by Crippen LogP contribution is -2.11. The molecule has 4 heteroatoms. The minimum atomic E-state index is 0.752. The van der Waals surface area contributed by atoms with Gasteiger partial charge < -0.3 is 22.9 Å². The number of rotatable bonds is 2. The van der Waals surface area contributed by atoms with E-state index in [2.05, 4.69) is 60.7 Å². The molecule has 0 saturated carbocycles. The predicted molar refractivity (Wildman–Crippen MR) is 190 cm³/mol. The van der Waals surface area contributed by atoms with Crippen LogP contribution in [0.25, 0.3) is 43.8 Å². The van der Waals surface area contributed by atoms with Crippen LogP contribution in [0.1, 0.15) is 47.9 Å². The van der Waals surface area contributed by atoms with Crippen molar-refractivity contribution in [3.63, 3.8) is 0 Å². The molecule has 8 N–H and O–H groups in total. The quantitative estimate of drug-likeness (QED) is 0.154. The van der Waals surface area contributed by atoms with Crippen molar-refractivity contribution in [2.75, 3.05) is 22.9 Å². The zero-order valence-electron chi connectivity index (χ0n) is 25.2. The lowest BCUT2D eigenvalue weighted by molar-refractivity contribution is 0.682. The van der Waals surface area contributed by atoms with Gasteiger partial charge in [0.05, 0.1) is 0 Å². The van der Waals surface area contributed by atoms with Gasteiger partial charge in [0, 0.05) is 45.0 Å². The van der Waals surface area contributed by atoms with Gasteiger partial charge in [-0.25, -0.2) is 0 Å². The van der Waals surface area contributed by atoms with Gasteiger partial charge in [-0.2, -0.15) is 0 Å². The first-order valence-electron chi connectivity index (χ1n) is 15.9. The summed E-state index contributed by atoms with van der Waals surface area (Å²) in [6.07, 6.45) is 9.74. The highest BCUT2D eigenvalue weighted by Crippen LogP contribution is 2.44. The molecule has 0 aliphatic heterocycles. The molecule has 0 radical (unpaired) electrons. The monoisotopic (exact) mass is 576 g/mol. The van der Waals surface area contributed by atoms with E-state index in [-0.39, 0.29) is 0 Å². The maximum Gasteiger partial charge on any atom is 0.0401 e. The number of hydrogen-bond acceptors (Lipinski definition) is 4. The van der Waals surface area contributed by atoms with E-state index in [1.165, 1.54) is 82.7 Å². The fourth-order valence-electron chi connectivity index (χ4n) is 7.42. The van der Waals surface area contributed by atoms with E-state index in [4.69, 9.17) is 22.9 Å². The molecular weight excluding hydrogens is 536 g/mol. The molecule has 0 saturated heterocycles. The van der Waals surface area contributed by atoms with Gasteiger partial charge in [-0.1, -0.05) is 72.8 Å². The number of nitrogens with two attached hydrogens (primary N) is 4. The molecule has 2 aliphatic carbocycles. The molecular formula is C40H40N4. The summed E-state index contributed by atoms with van der Waals surface area (Å²) in [7, 11) is 0. The number of nitrogen functional groups attached to an aromatic ring is 4. The Hall–Kier alpha value is -4.96. The van der Waals surface area contributed by atoms with Crippen LogP contribution in [0.15, 0.2) is 97.1 Å². The maximum atomic E-state index is 6.42. The van der Waals surface area contributed by atoms with E-state index >= 15 is 0 Å². The van der Waals surface area contributed by atoms with E-state index < -0.39 is 0 Å². The summed E-state index contributed by atoms with van der Waals surface area (Å²) in [6, 6.07) is 33.2. The molecule has 4 nitrogen and oxygen atoms in total. The number of benzene rings is 6. The first-order valence-corrected chi connectivity index (χ1v) is 15.9. The zero-order valence-corrected chi connectivity index (χ0v) is 25.2. The van der Waals surface area contributed by atoms with Crippen molar-refractivity contribution >= 4 is 44.3 Å². The number of fused-ring (bicyclic) bond motifs is 4. The second-order valence-electron chi connectivity index (χ2n) is 12.3. The minimum absolute atomic E-state index is 0.752. The van der Waals surface area contributed by atoms with Crippen molar-refractivity contribution < 1.29 is 0 Å². The largest absolute Gasteiger partial charge is 0.398 e. The summed E-state index contributed by atoms with van der Waals surface area (Å²) in [5.74, 6) is 0. The SMILES string of the molecule is Nc1ccc2c(c1-c1c(N)ccc3c1CCCC3)CCCC2.Nc1ccc2ccccc2c1-c1c(N)ccc2ccccc12. The Bertz CT molecular complexity index is 1880. The Balaban J connectivity index is 0.000000142. The molecule has 0 atom stereocenters.